The highest BCUT2D eigenvalue weighted by Crippen LogP contribution is 2.29. The summed E-state index contributed by atoms with van der Waals surface area (Å²) in [5.74, 6) is 0.486. The number of aliphatic hydroxyl groups is 1. The van der Waals surface area contributed by atoms with Crippen LogP contribution in [0.25, 0.3) is 0 Å². The fourth-order valence-corrected chi connectivity index (χ4v) is 3.98. The lowest BCUT2D eigenvalue weighted by molar-refractivity contribution is 0.0169. The molecule has 3 N–H and O–H groups in total. The van der Waals surface area contributed by atoms with Crippen molar-refractivity contribution in [2.75, 3.05) is 45.9 Å². The Kier molecular flexibility index (Phi) is 10.1. The summed E-state index contributed by atoms with van der Waals surface area (Å²) in [6.07, 6.45) is 3.78. The molecule has 0 bridgehead atoms. The molecule has 1 aromatic carbocycles. The van der Waals surface area contributed by atoms with Crippen molar-refractivity contribution in [3.05, 3.63) is 35.6 Å². The van der Waals surface area contributed by atoms with Gasteiger partial charge in [0.15, 0.2) is 5.96 Å². The van der Waals surface area contributed by atoms with Crippen LogP contribution in [0.5, 0.6) is 0 Å². The number of guanidine groups is 1. The van der Waals surface area contributed by atoms with E-state index in [4.69, 9.17) is 4.74 Å². The van der Waals surface area contributed by atoms with Crippen molar-refractivity contribution < 1.29 is 14.2 Å². The number of morpholine rings is 1. The third kappa shape index (κ3) is 7.34. The van der Waals surface area contributed by atoms with Gasteiger partial charge in [-0.1, -0.05) is 25.0 Å². The molecule has 0 amide bonds. The molecule has 3 rings (SSSR count). The van der Waals surface area contributed by atoms with E-state index in [0.717, 1.165) is 50.9 Å². The first-order chi connectivity index (χ1) is 13.6. The number of halogens is 2. The van der Waals surface area contributed by atoms with Gasteiger partial charge in [0.05, 0.1) is 31.4 Å². The van der Waals surface area contributed by atoms with Gasteiger partial charge in [0.25, 0.3) is 0 Å². The van der Waals surface area contributed by atoms with E-state index >= 15 is 0 Å². The number of hydrogen-bond donors (Lipinski definition) is 3. The van der Waals surface area contributed by atoms with Gasteiger partial charge in [-0.15, -0.1) is 24.0 Å². The van der Waals surface area contributed by atoms with E-state index in [2.05, 4.69) is 20.5 Å². The van der Waals surface area contributed by atoms with Gasteiger partial charge in [0.1, 0.15) is 5.82 Å². The van der Waals surface area contributed by atoms with Crippen LogP contribution in [0, 0.1) is 5.82 Å². The maximum atomic E-state index is 13.4. The average molecular weight is 520 g/mol. The van der Waals surface area contributed by atoms with Crippen molar-refractivity contribution in [2.45, 2.75) is 44.2 Å². The minimum Gasteiger partial charge on any atom is -0.388 e. The van der Waals surface area contributed by atoms with Crippen LogP contribution in [0.1, 0.15) is 44.2 Å². The van der Waals surface area contributed by atoms with E-state index in [-0.39, 0.29) is 35.8 Å². The van der Waals surface area contributed by atoms with Crippen molar-refractivity contribution in [3.63, 3.8) is 0 Å². The number of hydrogen-bond acceptors (Lipinski definition) is 4. The van der Waals surface area contributed by atoms with Crippen molar-refractivity contribution in [3.8, 4) is 0 Å². The van der Waals surface area contributed by atoms with Crippen LogP contribution in [0.2, 0.25) is 0 Å². The molecule has 2 fully saturated rings. The second-order valence-electron chi connectivity index (χ2n) is 7.72. The first-order valence-corrected chi connectivity index (χ1v) is 10.4. The van der Waals surface area contributed by atoms with Gasteiger partial charge in [-0.05, 0) is 37.5 Å². The van der Waals surface area contributed by atoms with E-state index in [1.165, 1.54) is 12.1 Å². The smallest absolute Gasteiger partial charge is 0.191 e. The van der Waals surface area contributed by atoms with Gasteiger partial charge in [-0.3, -0.25) is 9.89 Å². The zero-order valence-electron chi connectivity index (χ0n) is 17.2. The minimum atomic E-state index is -0.664. The molecule has 1 aliphatic heterocycles. The monoisotopic (exact) mass is 520 g/mol. The van der Waals surface area contributed by atoms with Crippen molar-refractivity contribution in [1.82, 2.24) is 15.5 Å². The van der Waals surface area contributed by atoms with Crippen molar-refractivity contribution in [2.24, 2.45) is 4.99 Å². The van der Waals surface area contributed by atoms with E-state index in [1.54, 1.807) is 0 Å². The van der Waals surface area contributed by atoms with E-state index in [1.807, 2.05) is 19.1 Å². The zero-order chi connectivity index (χ0) is 19.8. The van der Waals surface area contributed by atoms with E-state index < -0.39 is 5.60 Å². The molecule has 0 aromatic heterocycles. The quantitative estimate of drug-likeness (QED) is 0.293. The number of aliphatic imine (C=N–C) groups is 1. The molecule has 1 saturated carbocycles. The van der Waals surface area contributed by atoms with Gasteiger partial charge >= 0.3 is 0 Å². The molecule has 1 saturated heterocycles. The van der Waals surface area contributed by atoms with Gasteiger partial charge in [-0.2, -0.15) is 0 Å². The molecule has 1 aromatic rings. The lowest BCUT2D eigenvalue weighted by atomic mass is 10.0. The number of rotatable bonds is 7. The van der Waals surface area contributed by atoms with Crippen LogP contribution in [0.15, 0.2) is 29.3 Å². The zero-order valence-corrected chi connectivity index (χ0v) is 19.5. The highest BCUT2D eigenvalue weighted by molar-refractivity contribution is 14.0. The molecule has 2 aliphatic rings. The number of nitrogens with zero attached hydrogens (tertiary/aromatic N) is 2. The standard InChI is InChI=1S/C21H33FN4O2.HI/c1-2-23-20(25-16-21(27)9-3-4-10-21)24-15-19(26-11-13-28-14-12-26)17-5-7-18(22)8-6-17;/h5-8,19,27H,2-4,9-16H2,1H3,(H2,23,24,25);1H. The Balaban J connectivity index is 0.00000300. The molecular formula is C21H34FIN4O2. The van der Waals surface area contributed by atoms with Crippen LogP contribution in [0.3, 0.4) is 0 Å². The fourth-order valence-electron chi connectivity index (χ4n) is 3.98. The largest absolute Gasteiger partial charge is 0.388 e. The SMILES string of the molecule is CCNC(=NCC1(O)CCCC1)NCC(c1ccc(F)cc1)N1CCOCC1.I. The second-order valence-corrected chi connectivity index (χ2v) is 7.72. The lowest BCUT2D eigenvalue weighted by Crippen LogP contribution is -2.46. The van der Waals surface area contributed by atoms with Crippen LogP contribution in [-0.4, -0.2) is 67.5 Å². The van der Waals surface area contributed by atoms with Gasteiger partial charge in [-0.25, -0.2) is 4.39 Å². The number of nitrogens with one attached hydrogen (secondary N) is 2. The Morgan fingerprint density at radius 3 is 2.48 bits per heavy atom. The third-order valence-electron chi connectivity index (χ3n) is 5.61. The minimum absolute atomic E-state index is 0. The number of ether oxygens (including phenoxy) is 1. The molecule has 1 heterocycles. The maximum Gasteiger partial charge on any atom is 0.191 e. The Bertz CT molecular complexity index is 632. The van der Waals surface area contributed by atoms with Crippen LogP contribution >= 0.6 is 24.0 Å². The van der Waals surface area contributed by atoms with Gasteiger partial charge < -0.3 is 20.5 Å². The summed E-state index contributed by atoms with van der Waals surface area (Å²) in [7, 11) is 0. The Morgan fingerprint density at radius 2 is 1.86 bits per heavy atom. The second kappa shape index (κ2) is 12.0. The first kappa shape index (κ1) is 24.3. The average Bonchev–Trinajstić information content (AvgIpc) is 3.15. The Morgan fingerprint density at radius 1 is 1.21 bits per heavy atom. The lowest BCUT2D eigenvalue weighted by Gasteiger charge is -2.35. The predicted molar refractivity (Wildman–Crippen MR) is 124 cm³/mol. The van der Waals surface area contributed by atoms with E-state index in [9.17, 15) is 9.50 Å². The van der Waals surface area contributed by atoms with Crippen LogP contribution in [-0.2, 0) is 4.74 Å². The molecule has 164 valence electrons. The van der Waals surface area contributed by atoms with Crippen molar-refractivity contribution >= 4 is 29.9 Å². The Labute approximate surface area is 190 Å². The van der Waals surface area contributed by atoms with Crippen LogP contribution in [0.4, 0.5) is 4.39 Å². The maximum absolute atomic E-state index is 13.4. The van der Waals surface area contributed by atoms with Crippen molar-refractivity contribution in [1.29, 1.82) is 0 Å². The van der Waals surface area contributed by atoms with Gasteiger partial charge in [0, 0.05) is 26.2 Å². The molecule has 1 aliphatic carbocycles. The normalized spacial score (nSPS) is 20.7. The van der Waals surface area contributed by atoms with Gasteiger partial charge in [0.2, 0.25) is 0 Å². The molecule has 29 heavy (non-hydrogen) atoms. The summed E-state index contributed by atoms with van der Waals surface area (Å²) in [6, 6.07) is 6.82. The summed E-state index contributed by atoms with van der Waals surface area (Å²) in [5, 5.41) is 17.3. The molecule has 0 radical (unpaired) electrons. The molecule has 1 atom stereocenters. The summed E-state index contributed by atoms with van der Waals surface area (Å²) >= 11 is 0. The fraction of sp³-hybridized carbons (Fsp3) is 0.667. The third-order valence-corrected chi connectivity index (χ3v) is 5.61. The molecular weight excluding hydrogens is 486 g/mol. The highest BCUT2D eigenvalue weighted by atomic mass is 127. The Hall–Kier alpha value is -0.970. The highest BCUT2D eigenvalue weighted by Gasteiger charge is 2.31. The van der Waals surface area contributed by atoms with Crippen LogP contribution < -0.4 is 10.6 Å². The number of benzene rings is 1. The van der Waals surface area contributed by atoms with E-state index in [0.29, 0.717) is 32.3 Å². The summed E-state index contributed by atoms with van der Waals surface area (Å²) in [5.41, 5.74) is 0.407. The predicted octanol–water partition coefficient (Wildman–Crippen LogP) is 2.68. The molecule has 8 heteroatoms. The first-order valence-electron chi connectivity index (χ1n) is 10.4. The molecule has 1 unspecified atom stereocenters. The summed E-state index contributed by atoms with van der Waals surface area (Å²) in [4.78, 5) is 6.99. The summed E-state index contributed by atoms with van der Waals surface area (Å²) in [6.45, 7) is 6.95. The topological polar surface area (TPSA) is 69.1 Å². The summed E-state index contributed by atoms with van der Waals surface area (Å²) < 4.78 is 18.9. The molecule has 6 nitrogen and oxygen atoms in total. The molecule has 0 spiro atoms.